The molecule has 8 heteroatoms. The molecule has 2 aliphatic heterocycles. The summed E-state index contributed by atoms with van der Waals surface area (Å²) in [5.41, 5.74) is 2.57. The van der Waals surface area contributed by atoms with Crippen LogP contribution in [0.25, 0.3) is 0 Å². The molecule has 8 nitrogen and oxygen atoms in total. The van der Waals surface area contributed by atoms with Crippen LogP contribution in [0.15, 0.2) is 36.7 Å². The highest BCUT2D eigenvalue weighted by molar-refractivity contribution is 5.96. The smallest absolute Gasteiger partial charge is 0.322 e. The molecule has 1 atom stereocenters. The van der Waals surface area contributed by atoms with E-state index in [-0.39, 0.29) is 18.0 Å². The lowest BCUT2D eigenvalue weighted by molar-refractivity contribution is -0.117. The number of carbonyl (C=O) groups excluding carboxylic acids is 2. The molecular formula is C20H25N5O3. The van der Waals surface area contributed by atoms with Crippen LogP contribution >= 0.6 is 0 Å². The summed E-state index contributed by atoms with van der Waals surface area (Å²) in [6.07, 6.45) is 5.10. The minimum atomic E-state index is -0.164. The van der Waals surface area contributed by atoms with Gasteiger partial charge in [-0.25, -0.2) is 4.79 Å². The summed E-state index contributed by atoms with van der Waals surface area (Å²) < 4.78 is 7.67. The Labute approximate surface area is 164 Å². The fraction of sp³-hybridized carbons (Fsp3) is 0.450. The third-order valence-electron chi connectivity index (χ3n) is 5.21. The summed E-state index contributed by atoms with van der Waals surface area (Å²) in [4.78, 5) is 28.1. The molecular weight excluding hydrogens is 358 g/mol. The van der Waals surface area contributed by atoms with E-state index in [4.69, 9.17) is 4.74 Å². The maximum absolute atomic E-state index is 12.7. The van der Waals surface area contributed by atoms with E-state index in [1.165, 1.54) is 0 Å². The Balaban J connectivity index is 1.37. The molecule has 3 amide bonds. The first-order valence-corrected chi connectivity index (χ1v) is 9.74. The molecule has 0 unspecified atom stereocenters. The number of nitrogens with zero attached hydrogens (tertiary/aromatic N) is 4. The van der Waals surface area contributed by atoms with Crippen molar-refractivity contribution in [2.75, 3.05) is 36.5 Å². The molecule has 0 aliphatic carbocycles. The second-order valence-corrected chi connectivity index (χ2v) is 7.06. The van der Waals surface area contributed by atoms with E-state index in [2.05, 4.69) is 10.4 Å². The van der Waals surface area contributed by atoms with Crippen molar-refractivity contribution < 1.29 is 14.3 Å². The first kappa shape index (κ1) is 18.5. The molecule has 2 fully saturated rings. The minimum Gasteiger partial charge on any atom is -0.370 e. The van der Waals surface area contributed by atoms with Crippen molar-refractivity contribution in [3.05, 3.63) is 42.2 Å². The van der Waals surface area contributed by atoms with E-state index in [0.29, 0.717) is 31.8 Å². The van der Waals surface area contributed by atoms with Crippen molar-refractivity contribution in [2.24, 2.45) is 0 Å². The Morgan fingerprint density at radius 2 is 2.11 bits per heavy atom. The summed E-state index contributed by atoms with van der Waals surface area (Å²) in [6.45, 7) is 5.12. The zero-order valence-electron chi connectivity index (χ0n) is 16.0. The molecule has 1 aromatic heterocycles. The highest BCUT2D eigenvalue weighted by atomic mass is 16.5. The molecule has 0 bridgehead atoms. The summed E-state index contributed by atoms with van der Waals surface area (Å²) in [7, 11) is 0. The lowest BCUT2D eigenvalue weighted by atomic mass is 10.1. The van der Waals surface area contributed by atoms with Gasteiger partial charge in [0.25, 0.3) is 0 Å². The fourth-order valence-electron chi connectivity index (χ4n) is 3.60. The predicted molar refractivity (Wildman–Crippen MR) is 105 cm³/mol. The Kier molecular flexibility index (Phi) is 5.29. The second-order valence-electron chi connectivity index (χ2n) is 7.06. The fourth-order valence-corrected chi connectivity index (χ4v) is 3.60. The van der Waals surface area contributed by atoms with Gasteiger partial charge in [0.15, 0.2) is 0 Å². The third-order valence-corrected chi connectivity index (χ3v) is 5.21. The van der Waals surface area contributed by atoms with Gasteiger partial charge in [0.05, 0.1) is 19.3 Å². The number of aryl methyl sites for hydroxylation is 1. The number of rotatable bonds is 4. The van der Waals surface area contributed by atoms with E-state index in [0.717, 1.165) is 30.8 Å². The van der Waals surface area contributed by atoms with E-state index in [1.807, 2.05) is 42.1 Å². The maximum atomic E-state index is 12.7. The van der Waals surface area contributed by atoms with Crippen LogP contribution in [0.5, 0.6) is 0 Å². The molecule has 1 N–H and O–H groups in total. The number of benzene rings is 1. The molecule has 0 radical (unpaired) electrons. The molecule has 4 rings (SSSR count). The molecule has 2 aliphatic rings. The number of urea groups is 1. The molecule has 1 aromatic carbocycles. The zero-order valence-corrected chi connectivity index (χ0v) is 16.0. The number of nitrogens with one attached hydrogen (secondary N) is 1. The summed E-state index contributed by atoms with van der Waals surface area (Å²) >= 11 is 0. The van der Waals surface area contributed by atoms with Gasteiger partial charge in [0.2, 0.25) is 5.91 Å². The van der Waals surface area contributed by atoms with Crippen molar-refractivity contribution in [3.63, 3.8) is 0 Å². The first-order chi connectivity index (χ1) is 13.6. The zero-order chi connectivity index (χ0) is 19.5. The van der Waals surface area contributed by atoms with Crippen molar-refractivity contribution in [2.45, 2.75) is 32.4 Å². The quantitative estimate of drug-likeness (QED) is 0.880. The van der Waals surface area contributed by atoms with Crippen LogP contribution in [0.3, 0.4) is 0 Å². The van der Waals surface area contributed by atoms with Gasteiger partial charge in [-0.3, -0.25) is 9.48 Å². The lowest BCUT2D eigenvalue weighted by Gasteiger charge is -2.32. The summed E-state index contributed by atoms with van der Waals surface area (Å²) in [6, 6.07) is 7.27. The van der Waals surface area contributed by atoms with E-state index in [1.54, 1.807) is 16.0 Å². The number of carbonyl (C=O) groups is 2. The highest BCUT2D eigenvalue weighted by Gasteiger charge is 2.26. The van der Waals surface area contributed by atoms with Gasteiger partial charge < -0.3 is 19.9 Å². The van der Waals surface area contributed by atoms with Crippen LogP contribution in [0, 0.1) is 0 Å². The number of ether oxygens (including phenoxy) is 1. The number of anilines is 2. The van der Waals surface area contributed by atoms with Crippen LogP contribution in [-0.2, 0) is 16.1 Å². The molecule has 0 saturated carbocycles. The van der Waals surface area contributed by atoms with Gasteiger partial charge in [-0.1, -0.05) is 0 Å². The van der Waals surface area contributed by atoms with E-state index < -0.39 is 0 Å². The summed E-state index contributed by atoms with van der Waals surface area (Å²) in [5.74, 6) is 0.155. The van der Waals surface area contributed by atoms with Crippen LogP contribution < -0.4 is 10.2 Å². The van der Waals surface area contributed by atoms with Crippen LogP contribution in [-0.4, -0.2) is 52.9 Å². The van der Waals surface area contributed by atoms with E-state index >= 15 is 0 Å². The lowest BCUT2D eigenvalue weighted by Crippen LogP contribution is -2.44. The average Bonchev–Trinajstić information content (AvgIpc) is 3.38. The topological polar surface area (TPSA) is 79.7 Å². The number of morpholine rings is 1. The molecule has 0 spiro atoms. The second kappa shape index (κ2) is 8.02. The van der Waals surface area contributed by atoms with Gasteiger partial charge in [0.1, 0.15) is 6.10 Å². The first-order valence-electron chi connectivity index (χ1n) is 9.74. The number of hydrogen-bond acceptors (Lipinski definition) is 4. The number of amides is 3. The van der Waals surface area contributed by atoms with Gasteiger partial charge in [0, 0.05) is 49.2 Å². The number of hydrogen-bond donors (Lipinski definition) is 1. The standard InChI is InChI=1S/C20H25N5O3/c1-2-24-13-15(12-21-24)18-14-23(10-11-28-18)20(27)22-16-5-7-17(8-6-16)25-9-3-4-19(25)26/h5-8,12-13,18H,2-4,9-11,14H2,1H3,(H,22,27)/t18-/m1/s1. The average molecular weight is 383 g/mol. The van der Waals surface area contributed by atoms with Crippen molar-refractivity contribution >= 4 is 23.3 Å². The maximum Gasteiger partial charge on any atom is 0.322 e. The highest BCUT2D eigenvalue weighted by Crippen LogP contribution is 2.25. The third kappa shape index (κ3) is 3.87. The Morgan fingerprint density at radius 1 is 1.29 bits per heavy atom. The Bertz CT molecular complexity index is 848. The minimum absolute atomic E-state index is 0.152. The summed E-state index contributed by atoms with van der Waals surface area (Å²) in [5, 5.41) is 7.22. The van der Waals surface area contributed by atoms with Crippen LogP contribution in [0.1, 0.15) is 31.4 Å². The normalized spacial score (nSPS) is 19.9. The molecule has 148 valence electrons. The van der Waals surface area contributed by atoms with Gasteiger partial charge in [-0.05, 0) is 37.6 Å². The van der Waals surface area contributed by atoms with Crippen LogP contribution in [0.4, 0.5) is 16.2 Å². The molecule has 2 saturated heterocycles. The van der Waals surface area contributed by atoms with Crippen molar-refractivity contribution in [3.8, 4) is 0 Å². The van der Waals surface area contributed by atoms with Crippen molar-refractivity contribution in [1.29, 1.82) is 0 Å². The molecule has 28 heavy (non-hydrogen) atoms. The number of aromatic nitrogens is 2. The Morgan fingerprint density at radius 3 is 2.79 bits per heavy atom. The predicted octanol–water partition coefficient (Wildman–Crippen LogP) is 2.64. The SMILES string of the molecule is CCn1cc([C@H]2CN(C(=O)Nc3ccc(N4CCCC4=O)cc3)CCO2)cn1. The van der Waals surface area contributed by atoms with Crippen molar-refractivity contribution in [1.82, 2.24) is 14.7 Å². The molecule has 3 heterocycles. The molecule has 2 aromatic rings. The van der Waals surface area contributed by atoms with E-state index in [9.17, 15) is 9.59 Å². The monoisotopic (exact) mass is 383 g/mol. The van der Waals surface area contributed by atoms with Gasteiger partial charge in [-0.15, -0.1) is 0 Å². The largest absolute Gasteiger partial charge is 0.370 e. The Hall–Kier alpha value is -2.87. The van der Waals surface area contributed by atoms with Gasteiger partial charge in [-0.2, -0.15) is 5.10 Å². The van der Waals surface area contributed by atoms with Crippen LogP contribution in [0.2, 0.25) is 0 Å². The van der Waals surface area contributed by atoms with Gasteiger partial charge >= 0.3 is 6.03 Å².